The van der Waals surface area contributed by atoms with Crippen molar-refractivity contribution in [3.05, 3.63) is 53.6 Å². The highest BCUT2D eigenvalue weighted by molar-refractivity contribution is 7.99. The zero-order chi connectivity index (χ0) is 11.8. The maximum Gasteiger partial charge on any atom is 0.254 e. The van der Waals surface area contributed by atoms with Gasteiger partial charge in [-0.05, 0) is 29.8 Å². The van der Waals surface area contributed by atoms with Gasteiger partial charge in [0.25, 0.3) is 5.24 Å². The molecule has 3 rings (SSSR count). The molecule has 0 saturated carbocycles. The lowest BCUT2D eigenvalue weighted by atomic mass is 10.3. The van der Waals surface area contributed by atoms with Gasteiger partial charge in [0.1, 0.15) is 5.37 Å². The quantitative estimate of drug-likeness (QED) is 0.782. The summed E-state index contributed by atoms with van der Waals surface area (Å²) in [5.41, 5.74) is 2.60. The van der Waals surface area contributed by atoms with E-state index in [2.05, 4.69) is 9.55 Å². The molecule has 0 fully saturated rings. The first-order chi connectivity index (χ1) is 8.27. The van der Waals surface area contributed by atoms with Gasteiger partial charge < -0.3 is 4.57 Å². The van der Waals surface area contributed by atoms with Crippen LogP contribution in [0.1, 0.15) is 27.1 Å². The van der Waals surface area contributed by atoms with Gasteiger partial charge in [0.05, 0.1) is 11.3 Å². The first kappa shape index (κ1) is 10.9. The van der Waals surface area contributed by atoms with Crippen molar-refractivity contribution in [2.75, 3.05) is 0 Å². The monoisotopic (exact) mass is 264 g/mol. The SMILES string of the molecule is O=C(Cl)c1ccn2c1CSC2c1ccccn1. The third-order valence-corrected chi connectivity index (χ3v) is 4.24. The normalized spacial score (nSPS) is 18.1. The van der Waals surface area contributed by atoms with Crippen molar-refractivity contribution in [2.24, 2.45) is 0 Å². The molecule has 3 nitrogen and oxygen atoms in total. The summed E-state index contributed by atoms with van der Waals surface area (Å²) in [4.78, 5) is 15.6. The Labute approximate surface area is 108 Å². The van der Waals surface area contributed by atoms with Crippen molar-refractivity contribution < 1.29 is 4.79 Å². The molecule has 17 heavy (non-hydrogen) atoms. The average Bonchev–Trinajstić information content (AvgIpc) is 2.89. The predicted molar refractivity (Wildman–Crippen MR) is 68.3 cm³/mol. The summed E-state index contributed by atoms with van der Waals surface area (Å²) in [5.74, 6) is 0.794. The van der Waals surface area contributed by atoms with Gasteiger partial charge >= 0.3 is 0 Å². The van der Waals surface area contributed by atoms with E-state index in [0.29, 0.717) is 5.56 Å². The molecule has 0 bridgehead atoms. The second kappa shape index (κ2) is 4.20. The average molecular weight is 265 g/mol. The fourth-order valence-corrected chi connectivity index (χ4v) is 3.48. The maximum atomic E-state index is 11.2. The summed E-state index contributed by atoms with van der Waals surface area (Å²) in [6, 6.07) is 7.64. The molecule has 5 heteroatoms. The smallest absolute Gasteiger partial charge is 0.254 e. The number of nitrogens with zero attached hydrogens (tertiary/aromatic N) is 2. The zero-order valence-electron chi connectivity index (χ0n) is 8.84. The van der Waals surface area contributed by atoms with Gasteiger partial charge in [0.2, 0.25) is 0 Å². The van der Waals surface area contributed by atoms with Crippen LogP contribution < -0.4 is 0 Å². The molecule has 0 spiro atoms. The van der Waals surface area contributed by atoms with Gasteiger partial charge in [0.15, 0.2) is 0 Å². The number of rotatable bonds is 2. The highest BCUT2D eigenvalue weighted by Crippen LogP contribution is 2.41. The molecule has 0 N–H and O–H groups in total. The van der Waals surface area contributed by atoms with Crippen LogP contribution in [0.2, 0.25) is 0 Å². The Bertz CT molecular complexity index is 567. The van der Waals surface area contributed by atoms with Gasteiger partial charge in [0, 0.05) is 23.8 Å². The number of fused-ring (bicyclic) bond motifs is 1. The molecule has 2 aromatic rings. The molecule has 1 aliphatic rings. The highest BCUT2D eigenvalue weighted by atomic mass is 35.5. The number of carbonyl (C=O) groups excluding carboxylic acids is 1. The van der Waals surface area contributed by atoms with Crippen LogP contribution in [-0.2, 0) is 5.75 Å². The highest BCUT2D eigenvalue weighted by Gasteiger charge is 2.28. The molecule has 1 unspecified atom stereocenters. The Morgan fingerprint density at radius 1 is 1.47 bits per heavy atom. The van der Waals surface area contributed by atoms with Crippen molar-refractivity contribution in [1.82, 2.24) is 9.55 Å². The van der Waals surface area contributed by atoms with Crippen LogP contribution in [0.3, 0.4) is 0 Å². The standard InChI is InChI=1S/C12H9ClN2OS/c13-11(16)8-4-6-15-10(8)7-17-12(15)9-3-1-2-5-14-9/h1-6,12H,7H2. The summed E-state index contributed by atoms with van der Waals surface area (Å²) in [5, 5.41) is -0.239. The van der Waals surface area contributed by atoms with E-state index in [4.69, 9.17) is 11.6 Å². The maximum absolute atomic E-state index is 11.2. The number of aromatic nitrogens is 2. The van der Waals surface area contributed by atoms with E-state index in [1.54, 1.807) is 24.0 Å². The Morgan fingerprint density at radius 3 is 3.06 bits per heavy atom. The number of carbonyl (C=O) groups is 1. The van der Waals surface area contributed by atoms with Crippen LogP contribution in [-0.4, -0.2) is 14.8 Å². The number of thioether (sulfide) groups is 1. The van der Waals surface area contributed by atoms with Crippen molar-refractivity contribution in [3.8, 4) is 0 Å². The lowest BCUT2D eigenvalue weighted by molar-refractivity contribution is 0.108. The van der Waals surface area contributed by atoms with E-state index in [-0.39, 0.29) is 10.6 Å². The summed E-state index contributed by atoms with van der Waals surface area (Å²) < 4.78 is 2.07. The topological polar surface area (TPSA) is 34.9 Å². The van der Waals surface area contributed by atoms with Crippen LogP contribution >= 0.6 is 23.4 Å². The third-order valence-electron chi connectivity index (χ3n) is 2.81. The second-order valence-corrected chi connectivity index (χ2v) is 5.19. The summed E-state index contributed by atoms with van der Waals surface area (Å²) in [6.45, 7) is 0. The number of pyridine rings is 1. The minimum absolute atomic E-state index is 0.149. The second-order valence-electron chi connectivity index (χ2n) is 3.78. The summed E-state index contributed by atoms with van der Waals surface area (Å²) >= 11 is 7.30. The number of hydrogen-bond donors (Lipinski definition) is 0. The molecule has 0 amide bonds. The van der Waals surface area contributed by atoms with Crippen LogP contribution in [0.5, 0.6) is 0 Å². The van der Waals surface area contributed by atoms with Crippen LogP contribution in [0, 0.1) is 0 Å². The molecule has 0 aliphatic carbocycles. The number of hydrogen-bond acceptors (Lipinski definition) is 3. The van der Waals surface area contributed by atoms with Crippen molar-refractivity contribution >= 4 is 28.6 Å². The Hall–Kier alpha value is -1.26. The van der Waals surface area contributed by atoms with Gasteiger partial charge in [-0.25, -0.2) is 0 Å². The molecule has 0 aromatic carbocycles. The molecular formula is C12H9ClN2OS. The van der Waals surface area contributed by atoms with E-state index in [1.807, 2.05) is 24.4 Å². The van der Waals surface area contributed by atoms with Gasteiger partial charge in [-0.15, -0.1) is 11.8 Å². The third kappa shape index (κ3) is 1.77. The fraction of sp³-hybridized carbons (Fsp3) is 0.167. The van der Waals surface area contributed by atoms with Crippen LogP contribution in [0.25, 0.3) is 0 Å². The largest absolute Gasteiger partial charge is 0.332 e. The Kier molecular flexibility index (Phi) is 2.68. The molecular weight excluding hydrogens is 256 g/mol. The van der Waals surface area contributed by atoms with E-state index in [9.17, 15) is 4.79 Å². The van der Waals surface area contributed by atoms with Gasteiger partial charge in [-0.3, -0.25) is 9.78 Å². The molecule has 0 saturated heterocycles. The van der Waals surface area contributed by atoms with Crippen LogP contribution in [0.15, 0.2) is 36.7 Å². The zero-order valence-corrected chi connectivity index (χ0v) is 10.4. The molecule has 0 radical (unpaired) electrons. The lowest BCUT2D eigenvalue weighted by Crippen LogP contribution is -2.04. The van der Waals surface area contributed by atoms with Gasteiger partial charge in [-0.2, -0.15) is 0 Å². The molecule has 3 heterocycles. The Balaban J connectivity index is 2.03. The first-order valence-electron chi connectivity index (χ1n) is 5.19. The number of halogens is 1. The minimum atomic E-state index is -0.388. The van der Waals surface area contributed by atoms with Crippen molar-refractivity contribution in [3.63, 3.8) is 0 Å². The predicted octanol–water partition coefficient (Wildman–Crippen LogP) is 3.06. The first-order valence-corrected chi connectivity index (χ1v) is 6.62. The molecule has 1 aliphatic heterocycles. The lowest BCUT2D eigenvalue weighted by Gasteiger charge is -2.11. The minimum Gasteiger partial charge on any atom is -0.332 e. The van der Waals surface area contributed by atoms with Gasteiger partial charge in [-0.1, -0.05) is 6.07 Å². The van der Waals surface area contributed by atoms with Crippen molar-refractivity contribution in [2.45, 2.75) is 11.1 Å². The summed E-state index contributed by atoms with van der Waals surface area (Å²) in [7, 11) is 0. The van der Waals surface area contributed by atoms with E-state index >= 15 is 0 Å². The van der Waals surface area contributed by atoms with E-state index < -0.39 is 0 Å². The van der Waals surface area contributed by atoms with Crippen molar-refractivity contribution in [1.29, 1.82) is 0 Å². The van der Waals surface area contributed by atoms with Crippen LogP contribution in [0.4, 0.5) is 0 Å². The summed E-state index contributed by atoms with van der Waals surface area (Å²) in [6.07, 6.45) is 3.69. The molecule has 86 valence electrons. The Morgan fingerprint density at radius 2 is 2.35 bits per heavy atom. The fourth-order valence-electron chi connectivity index (χ4n) is 2.02. The van der Waals surface area contributed by atoms with E-state index in [0.717, 1.165) is 17.1 Å². The molecule has 1 atom stereocenters. The molecule has 2 aromatic heterocycles. The van der Waals surface area contributed by atoms with E-state index in [1.165, 1.54) is 0 Å².